The first kappa shape index (κ1) is 16.2. The summed E-state index contributed by atoms with van der Waals surface area (Å²) < 4.78 is 11.2. The van der Waals surface area contributed by atoms with E-state index in [4.69, 9.17) is 9.47 Å². The maximum absolute atomic E-state index is 12.8. The number of hydrogen-bond donors (Lipinski definition) is 1. The molecule has 0 saturated heterocycles. The van der Waals surface area contributed by atoms with Crippen molar-refractivity contribution in [1.82, 2.24) is 0 Å². The molecule has 2 aromatic rings. The second kappa shape index (κ2) is 6.83. The zero-order valence-electron chi connectivity index (χ0n) is 14.2. The molecule has 0 fully saturated rings. The van der Waals surface area contributed by atoms with Crippen molar-refractivity contribution < 1.29 is 14.3 Å². The van der Waals surface area contributed by atoms with Crippen LogP contribution in [0.25, 0.3) is 0 Å². The van der Waals surface area contributed by atoms with Crippen LogP contribution in [0.2, 0.25) is 0 Å². The lowest BCUT2D eigenvalue weighted by Gasteiger charge is -2.34. The Kier molecular flexibility index (Phi) is 4.60. The quantitative estimate of drug-likeness (QED) is 0.919. The summed E-state index contributed by atoms with van der Waals surface area (Å²) >= 11 is 0. The van der Waals surface area contributed by atoms with Crippen LogP contribution in [0.4, 0.5) is 16.2 Å². The summed E-state index contributed by atoms with van der Waals surface area (Å²) in [5, 5.41) is 2.94. The van der Waals surface area contributed by atoms with Gasteiger partial charge < -0.3 is 14.8 Å². The molecule has 1 atom stereocenters. The van der Waals surface area contributed by atoms with Gasteiger partial charge >= 0.3 is 6.03 Å². The van der Waals surface area contributed by atoms with Gasteiger partial charge in [-0.1, -0.05) is 19.1 Å². The first-order chi connectivity index (χ1) is 11.6. The van der Waals surface area contributed by atoms with Crippen LogP contribution in [0.5, 0.6) is 11.5 Å². The fourth-order valence-corrected chi connectivity index (χ4v) is 2.75. The molecule has 3 rings (SSSR count). The maximum atomic E-state index is 12.8. The number of aryl methyl sites for hydroxylation is 1. The van der Waals surface area contributed by atoms with Crippen molar-refractivity contribution >= 4 is 17.4 Å². The molecular formula is C19H22N2O3. The standard InChI is InChI=1S/C19H22N2O3/c1-4-15-12-21(17-10-13(2)8-9-18(17)24-15)19(22)20-14-6-5-7-16(11-14)23-3/h5-11,15H,4,12H2,1-3H3,(H,20,22). The van der Waals surface area contributed by atoms with Gasteiger partial charge in [-0.05, 0) is 43.2 Å². The summed E-state index contributed by atoms with van der Waals surface area (Å²) in [4.78, 5) is 14.6. The molecule has 0 aromatic heterocycles. The van der Waals surface area contributed by atoms with E-state index < -0.39 is 0 Å². The van der Waals surface area contributed by atoms with Gasteiger partial charge in [-0.3, -0.25) is 4.90 Å². The Bertz CT molecular complexity index is 745. The van der Waals surface area contributed by atoms with Crippen LogP contribution < -0.4 is 19.7 Å². The predicted molar refractivity (Wildman–Crippen MR) is 95.2 cm³/mol. The number of carbonyl (C=O) groups excluding carboxylic acids is 1. The van der Waals surface area contributed by atoms with Crippen LogP contribution in [0.3, 0.4) is 0 Å². The zero-order chi connectivity index (χ0) is 17.1. The van der Waals surface area contributed by atoms with Crippen LogP contribution in [0.15, 0.2) is 42.5 Å². The molecule has 0 aliphatic carbocycles. The predicted octanol–water partition coefficient (Wildman–Crippen LogP) is 4.21. The average molecular weight is 326 g/mol. The number of carbonyl (C=O) groups is 1. The van der Waals surface area contributed by atoms with Gasteiger partial charge in [-0.25, -0.2) is 4.79 Å². The van der Waals surface area contributed by atoms with E-state index in [2.05, 4.69) is 12.2 Å². The molecule has 2 amide bonds. The molecular weight excluding hydrogens is 304 g/mol. The van der Waals surface area contributed by atoms with E-state index in [0.717, 1.165) is 23.4 Å². The lowest BCUT2D eigenvalue weighted by Crippen LogP contribution is -2.45. The van der Waals surface area contributed by atoms with E-state index in [1.165, 1.54) is 0 Å². The van der Waals surface area contributed by atoms with Gasteiger partial charge in [-0.15, -0.1) is 0 Å². The van der Waals surface area contributed by atoms with E-state index in [1.807, 2.05) is 43.3 Å². The van der Waals surface area contributed by atoms with Crippen molar-refractivity contribution in [2.45, 2.75) is 26.4 Å². The molecule has 0 radical (unpaired) electrons. The van der Waals surface area contributed by atoms with E-state index in [1.54, 1.807) is 18.1 Å². The molecule has 0 saturated carbocycles. The number of urea groups is 1. The summed E-state index contributed by atoms with van der Waals surface area (Å²) in [6.07, 6.45) is 0.840. The van der Waals surface area contributed by atoms with Crippen LogP contribution in [-0.4, -0.2) is 25.8 Å². The SMILES string of the molecule is CCC1CN(C(=O)Nc2cccc(OC)c2)c2cc(C)ccc2O1. The van der Waals surface area contributed by atoms with Crippen molar-refractivity contribution in [2.75, 3.05) is 23.9 Å². The van der Waals surface area contributed by atoms with Crippen molar-refractivity contribution in [3.05, 3.63) is 48.0 Å². The van der Waals surface area contributed by atoms with Gasteiger partial charge in [0.1, 0.15) is 17.6 Å². The van der Waals surface area contributed by atoms with Crippen molar-refractivity contribution in [1.29, 1.82) is 0 Å². The Morgan fingerprint density at radius 2 is 2.17 bits per heavy atom. The lowest BCUT2D eigenvalue weighted by atomic mass is 10.1. The largest absolute Gasteiger partial charge is 0.497 e. The van der Waals surface area contributed by atoms with Gasteiger partial charge in [0.25, 0.3) is 0 Å². The molecule has 2 aromatic carbocycles. The van der Waals surface area contributed by atoms with Crippen molar-refractivity contribution in [3.63, 3.8) is 0 Å². The normalized spacial score (nSPS) is 16.1. The number of rotatable bonds is 3. The van der Waals surface area contributed by atoms with E-state index >= 15 is 0 Å². The highest BCUT2D eigenvalue weighted by atomic mass is 16.5. The van der Waals surface area contributed by atoms with Gasteiger partial charge in [0.2, 0.25) is 0 Å². The van der Waals surface area contributed by atoms with Gasteiger partial charge in [-0.2, -0.15) is 0 Å². The van der Waals surface area contributed by atoms with Crippen LogP contribution in [0, 0.1) is 6.92 Å². The van der Waals surface area contributed by atoms with Crippen LogP contribution in [0.1, 0.15) is 18.9 Å². The summed E-state index contributed by atoms with van der Waals surface area (Å²) in [6.45, 7) is 4.59. The summed E-state index contributed by atoms with van der Waals surface area (Å²) in [6, 6.07) is 13.1. The Labute approximate surface area is 142 Å². The highest BCUT2D eigenvalue weighted by molar-refractivity contribution is 6.03. The minimum atomic E-state index is -0.170. The Morgan fingerprint density at radius 3 is 2.92 bits per heavy atom. The molecule has 24 heavy (non-hydrogen) atoms. The molecule has 1 N–H and O–H groups in total. The Balaban J connectivity index is 1.87. The Hall–Kier alpha value is -2.69. The van der Waals surface area contributed by atoms with Crippen molar-refractivity contribution in [3.8, 4) is 11.5 Å². The van der Waals surface area contributed by atoms with Gasteiger partial charge in [0, 0.05) is 11.8 Å². The monoisotopic (exact) mass is 326 g/mol. The third-order valence-electron chi connectivity index (χ3n) is 4.11. The van der Waals surface area contributed by atoms with E-state index in [9.17, 15) is 4.79 Å². The zero-order valence-corrected chi connectivity index (χ0v) is 14.2. The first-order valence-electron chi connectivity index (χ1n) is 8.10. The number of hydrogen-bond acceptors (Lipinski definition) is 3. The molecule has 0 bridgehead atoms. The number of benzene rings is 2. The van der Waals surface area contributed by atoms with Gasteiger partial charge in [0.05, 0.1) is 19.3 Å². The number of ether oxygens (including phenoxy) is 2. The molecule has 5 nitrogen and oxygen atoms in total. The highest BCUT2D eigenvalue weighted by Crippen LogP contribution is 2.35. The second-order valence-electron chi connectivity index (χ2n) is 5.89. The number of anilines is 2. The molecule has 5 heteroatoms. The van der Waals surface area contributed by atoms with Crippen LogP contribution >= 0.6 is 0 Å². The molecule has 0 spiro atoms. The number of amides is 2. The maximum Gasteiger partial charge on any atom is 0.326 e. The van der Waals surface area contributed by atoms with Crippen LogP contribution in [-0.2, 0) is 0 Å². The lowest BCUT2D eigenvalue weighted by molar-refractivity contribution is 0.188. The molecule has 1 unspecified atom stereocenters. The average Bonchev–Trinajstić information content (AvgIpc) is 2.60. The van der Waals surface area contributed by atoms with Crippen molar-refractivity contribution in [2.24, 2.45) is 0 Å². The van der Waals surface area contributed by atoms with Gasteiger partial charge in [0.15, 0.2) is 0 Å². The number of nitrogens with zero attached hydrogens (tertiary/aromatic N) is 1. The summed E-state index contributed by atoms with van der Waals surface area (Å²) in [5.41, 5.74) is 2.60. The smallest absolute Gasteiger partial charge is 0.326 e. The molecule has 126 valence electrons. The van der Waals surface area contributed by atoms with E-state index in [-0.39, 0.29) is 12.1 Å². The summed E-state index contributed by atoms with van der Waals surface area (Å²) in [5.74, 6) is 1.46. The fourth-order valence-electron chi connectivity index (χ4n) is 2.75. The third-order valence-corrected chi connectivity index (χ3v) is 4.11. The van der Waals surface area contributed by atoms with E-state index in [0.29, 0.717) is 18.0 Å². The molecule has 1 aliphatic rings. The molecule has 1 heterocycles. The highest BCUT2D eigenvalue weighted by Gasteiger charge is 2.29. The number of fused-ring (bicyclic) bond motifs is 1. The first-order valence-corrected chi connectivity index (χ1v) is 8.10. The number of methoxy groups -OCH3 is 1. The fraction of sp³-hybridized carbons (Fsp3) is 0.316. The number of nitrogens with one attached hydrogen (secondary N) is 1. The third kappa shape index (κ3) is 3.30. The Morgan fingerprint density at radius 1 is 1.33 bits per heavy atom. The second-order valence-corrected chi connectivity index (χ2v) is 5.89. The summed E-state index contributed by atoms with van der Waals surface area (Å²) in [7, 11) is 1.60. The topological polar surface area (TPSA) is 50.8 Å². The minimum absolute atomic E-state index is 0.00346. The molecule has 1 aliphatic heterocycles. The minimum Gasteiger partial charge on any atom is -0.497 e.